The molecule has 0 aromatic heterocycles. The Labute approximate surface area is 348 Å². The van der Waals surface area contributed by atoms with Gasteiger partial charge < -0.3 is 29.3 Å². The normalized spacial score (nSPS) is 14.4. The quantitative estimate of drug-likeness (QED) is 0.0686. The fourth-order valence-electron chi connectivity index (χ4n) is 6.87. The summed E-state index contributed by atoms with van der Waals surface area (Å²) >= 11 is 7.44. The summed E-state index contributed by atoms with van der Waals surface area (Å²) in [5.74, 6) is 0.0976. The number of ether oxygens (including phenoxy) is 3. The van der Waals surface area contributed by atoms with Gasteiger partial charge in [-0.15, -0.1) is 11.6 Å². The zero-order valence-corrected chi connectivity index (χ0v) is 37.6. The number of esters is 1. The average Bonchev–Trinajstić information content (AvgIpc) is 3.53. The van der Waals surface area contributed by atoms with E-state index in [1.807, 2.05) is 47.6 Å². The molecule has 1 atom stereocenters. The number of carbonyl (C=O) groups excluding carboxylic acids is 2. The summed E-state index contributed by atoms with van der Waals surface area (Å²) in [6.45, 7) is 26.8. The second kappa shape index (κ2) is 26.6. The number of alkyl halides is 1. The number of hydrogen-bond acceptors (Lipinski definition) is 8. The minimum absolute atomic E-state index is 0.227. The lowest BCUT2D eigenvalue weighted by Gasteiger charge is -2.38. The van der Waals surface area contributed by atoms with Crippen molar-refractivity contribution in [2.24, 2.45) is 0 Å². The molecule has 0 bridgehead atoms. The van der Waals surface area contributed by atoms with E-state index in [9.17, 15) is 9.59 Å². The highest BCUT2D eigenvalue weighted by Crippen LogP contribution is 2.57. The minimum Gasteiger partial charge on any atom is -0.440 e. The molecule has 10 heteroatoms. The van der Waals surface area contributed by atoms with Crippen molar-refractivity contribution >= 4 is 46.6 Å². The van der Waals surface area contributed by atoms with Crippen molar-refractivity contribution in [3.63, 3.8) is 0 Å². The number of halogens is 1. The number of benzene rings is 3. The molecule has 0 saturated heterocycles. The highest BCUT2D eigenvalue weighted by Gasteiger charge is 2.53. The molecule has 3 aromatic rings. The van der Waals surface area contributed by atoms with Crippen LogP contribution in [-0.2, 0) is 19.8 Å². The van der Waals surface area contributed by atoms with Gasteiger partial charge in [0, 0.05) is 88.6 Å². The summed E-state index contributed by atoms with van der Waals surface area (Å²) in [6.07, 6.45) is 5.37. The van der Waals surface area contributed by atoms with Gasteiger partial charge in [-0.3, -0.25) is 4.79 Å². The van der Waals surface area contributed by atoms with Crippen LogP contribution in [0.15, 0.2) is 64.4 Å². The van der Waals surface area contributed by atoms with Crippen LogP contribution in [0, 0.1) is 0 Å². The van der Waals surface area contributed by atoms with Crippen LogP contribution in [0.4, 0.5) is 11.4 Å². The predicted octanol–water partition coefficient (Wildman–Crippen LogP) is 11.3. The number of amides is 1. The van der Waals surface area contributed by atoms with Crippen molar-refractivity contribution in [3.8, 4) is 0 Å². The van der Waals surface area contributed by atoms with Crippen LogP contribution in [0.5, 0.6) is 0 Å². The van der Waals surface area contributed by atoms with Crippen LogP contribution in [0.2, 0.25) is 0 Å². The van der Waals surface area contributed by atoms with Gasteiger partial charge in [-0.25, -0.2) is 4.79 Å². The monoisotopic (exact) mass is 811 g/mol. The SMILES string of the molecule is CC.CC.CC.CCCN(CC)c1ccc2c(c1)Sc1cc(N(CC)CC)ccc1C21OC(=O)c2ccc(C(=O)NCCOCCOCCCCCCCl)cc21. The number of nitrogens with one attached hydrogen (secondary N) is 1. The van der Waals surface area contributed by atoms with Gasteiger partial charge in [0.2, 0.25) is 0 Å². The maximum Gasteiger partial charge on any atom is 0.340 e. The second-order valence-corrected chi connectivity index (χ2v) is 14.1. The molecule has 5 rings (SSSR count). The van der Waals surface area contributed by atoms with Gasteiger partial charge in [0.1, 0.15) is 0 Å². The fraction of sp³-hybridized carbons (Fsp3) is 0.565. The lowest BCUT2D eigenvalue weighted by molar-refractivity contribution is 0.0233. The third-order valence-electron chi connectivity index (χ3n) is 9.48. The third-order valence-corrected chi connectivity index (χ3v) is 10.9. The van der Waals surface area contributed by atoms with Gasteiger partial charge in [0.25, 0.3) is 5.91 Å². The van der Waals surface area contributed by atoms with Crippen LogP contribution in [0.1, 0.15) is 139 Å². The van der Waals surface area contributed by atoms with Gasteiger partial charge in [-0.1, -0.05) is 85.2 Å². The van der Waals surface area contributed by atoms with E-state index in [0.717, 1.165) is 97.2 Å². The van der Waals surface area contributed by atoms with E-state index in [-0.39, 0.29) is 11.9 Å². The van der Waals surface area contributed by atoms with Crippen molar-refractivity contribution in [2.75, 3.05) is 74.8 Å². The van der Waals surface area contributed by atoms with E-state index in [2.05, 4.69) is 79.2 Å². The van der Waals surface area contributed by atoms with Crippen LogP contribution in [-0.4, -0.2) is 76.9 Å². The molecule has 1 unspecified atom stereocenters. The number of unbranched alkanes of at least 4 members (excludes halogenated alkanes) is 3. The zero-order valence-electron chi connectivity index (χ0n) is 36.0. The van der Waals surface area contributed by atoms with Crippen molar-refractivity contribution in [1.82, 2.24) is 5.32 Å². The Morgan fingerprint density at radius 1 is 0.714 bits per heavy atom. The van der Waals surface area contributed by atoms with Gasteiger partial charge in [0.05, 0.1) is 25.4 Å². The van der Waals surface area contributed by atoms with Gasteiger partial charge >= 0.3 is 5.97 Å². The van der Waals surface area contributed by atoms with Crippen molar-refractivity contribution < 1.29 is 23.8 Å². The Bertz CT molecular complexity index is 1620. The molecular formula is C46H70ClN3O5S. The number of fused-ring (bicyclic) bond motifs is 6. The van der Waals surface area contributed by atoms with E-state index in [1.165, 1.54) is 0 Å². The van der Waals surface area contributed by atoms with Crippen LogP contribution < -0.4 is 15.1 Å². The van der Waals surface area contributed by atoms with Crippen molar-refractivity contribution in [2.45, 2.75) is 117 Å². The van der Waals surface area contributed by atoms with Gasteiger partial charge in [-0.05, 0) is 82.5 Å². The van der Waals surface area contributed by atoms with Crippen molar-refractivity contribution in [3.05, 3.63) is 82.4 Å². The maximum atomic E-state index is 13.6. The minimum atomic E-state index is -1.17. The summed E-state index contributed by atoms with van der Waals surface area (Å²) in [7, 11) is 0. The lowest BCUT2D eigenvalue weighted by atomic mass is 9.78. The fourth-order valence-corrected chi connectivity index (χ4v) is 8.30. The highest BCUT2D eigenvalue weighted by atomic mass is 35.5. The molecule has 0 aliphatic carbocycles. The van der Waals surface area contributed by atoms with E-state index < -0.39 is 5.60 Å². The Balaban J connectivity index is 0.00000172. The molecule has 1 amide bonds. The van der Waals surface area contributed by atoms with E-state index in [4.69, 9.17) is 25.8 Å². The molecule has 8 nitrogen and oxygen atoms in total. The second-order valence-electron chi connectivity index (χ2n) is 12.6. The molecule has 3 aromatic carbocycles. The number of anilines is 2. The number of rotatable bonds is 20. The van der Waals surface area contributed by atoms with Crippen LogP contribution >= 0.6 is 23.4 Å². The first-order chi connectivity index (χ1) is 27.4. The lowest BCUT2D eigenvalue weighted by Crippen LogP contribution is -2.34. The maximum absolute atomic E-state index is 13.6. The number of carbonyl (C=O) groups is 2. The average molecular weight is 813 g/mol. The Morgan fingerprint density at radius 3 is 1.86 bits per heavy atom. The molecule has 1 N–H and O–H groups in total. The predicted molar refractivity (Wildman–Crippen MR) is 238 cm³/mol. The Morgan fingerprint density at radius 2 is 1.29 bits per heavy atom. The molecule has 0 fully saturated rings. The molecule has 2 heterocycles. The standard InChI is InChI=1S/C40H52ClN3O5S.3C2H6/c1-5-21-44(8-4)31-15-18-34-37(28-31)50-36-27-30(43(6-2)7-3)14-17-33(36)40(34)35-26-29(13-16-32(35)39(46)49-40)38(45)42-20-23-48-25-24-47-22-12-10-9-11-19-41;3*1-2/h13-18,26-28H,5-12,19-25H2,1-4H3,(H,42,45);3*1-2H3. The molecule has 1 spiro atoms. The number of hydrogen-bond donors (Lipinski definition) is 1. The number of nitrogens with zero attached hydrogens (tertiary/aromatic N) is 2. The molecular weight excluding hydrogens is 742 g/mol. The largest absolute Gasteiger partial charge is 0.440 e. The molecule has 2 aliphatic heterocycles. The smallest absolute Gasteiger partial charge is 0.340 e. The van der Waals surface area contributed by atoms with Crippen molar-refractivity contribution in [1.29, 1.82) is 0 Å². The summed E-state index contributed by atoms with van der Waals surface area (Å²) in [4.78, 5) is 33.8. The van der Waals surface area contributed by atoms with Crippen LogP contribution in [0.25, 0.3) is 0 Å². The topological polar surface area (TPSA) is 80.3 Å². The van der Waals surface area contributed by atoms with E-state index in [0.29, 0.717) is 48.9 Å². The van der Waals surface area contributed by atoms with Crippen LogP contribution in [0.3, 0.4) is 0 Å². The molecule has 312 valence electrons. The molecule has 0 radical (unpaired) electrons. The molecule has 2 aliphatic rings. The molecule has 56 heavy (non-hydrogen) atoms. The third kappa shape index (κ3) is 12.1. The Hall–Kier alpha value is -3.24. The Kier molecular flexibility index (Phi) is 23.3. The molecule has 0 saturated carbocycles. The summed E-state index contributed by atoms with van der Waals surface area (Å²) in [6, 6.07) is 18.2. The summed E-state index contributed by atoms with van der Waals surface area (Å²) < 4.78 is 17.8. The highest BCUT2D eigenvalue weighted by molar-refractivity contribution is 7.99. The zero-order chi connectivity index (χ0) is 41.5. The van der Waals surface area contributed by atoms with E-state index in [1.54, 1.807) is 23.9 Å². The first-order valence-electron chi connectivity index (χ1n) is 21.3. The first-order valence-corrected chi connectivity index (χ1v) is 22.6. The van der Waals surface area contributed by atoms with E-state index >= 15 is 0 Å². The van der Waals surface area contributed by atoms with Gasteiger partial charge in [-0.2, -0.15) is 0 Å². The first kappa shape index (κ1) is 48.9. The summed E-state index contributed by atoms with van der Waals surface area (Å²) in [5.41, 5.74) is 4.56. The van der Waals surface area contributed by atoms with Gasteiger partial charge in [0.15, 0.2) is 5.60 Å². The summed E-state index contributed by atoms with van der Waals surface area (Å²) in [5, 5.41) is 2.98.